The van der Waals surface area contributed by atoms with Gasteiger partial charge in [0.05, 0.1) is 12.8 Å². The molecule has 0 saturated heterocycles. The molecule has 0 amide bonds. The highest BCUT2D eigenvalue weighted by molar-refractivity contribution is 9.10. The molecule has 0 spiro atoms. The van der Waals surface area contributed by atoms with E-state index in [2.05, 4.69) is 99.7 Å². The van der Waals surface area contributed by atoms with Gasteiger partial charge in [-0.2, -0.15) is 0 Å². The van der Waals surface area contributed by atoms with Crippen molar-refractivity contribution in [2.24, 2.45) is 5.16 Å². The highest BCUT2D eigenvalue weighted by Gasteiger charge is 2.53. The number of thioether (sulfide) groups is 1. The quantitative estimate of drug-likeness (QED) is 0.264. The van der Waals surface area contributed by atoms with E-state index in [1.807, 2.05) is 36.0 Å². The van der Waals surface area contributed by atoms with E-state index in [9.17, 15) is 0 Å². The van der Waals surface area contributed by atoms with Crippen LogP contribution in [0.3, 0.4) is 0 Å². The topological polar surface area (TPSA) is 34.1 Å². The van der Waals surface area contributed by atoms with Gasteiger partial charge < -0.3 is 9.57 Å². The lowest BCUT2D eigenvalue weighted by Gasteiger charge is -2.38. The van der Waals surface area contributed by atoms with Gasteiger partial charge in [0, 0.05) is 32.2 Å². The van der Waals surface area contributed by atoms with Crippen molar-refractivity contribution in [3.8, 4) is 5.75 Å². The number of amidine groups is 1. The molecule has 0 unspecified atom stereocenters. The summed E-state index contributed by atoms with van der Waals surface area (Å²) in [4.78, 5) is 10.0. The molecule has 2 heterocycles. The number of fused-ring (bicyclic) bond motifs is 3. The second kappa shape index (κ2) is 9.10. The van der Waals surface area contributed by atoms with Crippen LogP contribution in [0.15, 0.2) is 118 Å². The third-order valence-corrected chi connectivity index (χ3v) is 8.30. The van der Waals surface area contributed by atoms with Crippen LogP contribution >= 0.6 is 27.7 Å². The Morgan fingerprint density at radius 1 is 0.943 bits per heavy atom. The number of ether oxygens (including phenoxy) is 1. The highest BCUT2D eigenvalue weighted by Crippen LogP contribution is 2.56. The SMILES string of the molecule is COc1ccc([C@@]23C[C@@H](c4ccccc4)Sc4ccccc4N2C(c2cccc(Br)c2)=NO3)cc1. The summed E-state index contributed by atoms with van der Waals surface area (Å²) in [5.41, 5.74) is 3.56. The molecule has 35 heavy (non-hydrogen) atoms. The maximum Gasteiger partial charge on any atom is 0.242 e. The Morgan fingerprint density at radius 2 is 1.71 bits per heavy atom. The molecule has 0 N–H and O–H groups in total. The lowest BCUT2D eigenvalue weighted by atomic mass is 9.92. The fourth-order valence-corrected chi connectivity index (χ4v) is 6.56. The lowest BCUT2D eigenvalue weighted by Crippen LogP contribution is -2.47. The molecule has 4 nitrogen and oxygen atoms in total. The van der Waals surface area contributed by atoms with Crippen molar-refractivity contribution in [1.29, 1.82) is 0 Å². The molecule has 4 aromatic rings. The highest BCUT2D eigenvalue weighted by atomic mass is 79.9. The third-order valence-electron chi connectivity index (χ3n) is 6.49. The maximum atomic E-state index is 6.54. The zero-order chi connectivity index (χ0) is 23.8. The second-order valence-corrected chi connectivity index (χ2v) is 10.7. The van der Waals surface area contributed by atoms with Gasteiger partial charge in [0.2, 0.25) is 5.72 Å². The van der Waals surface area contributed by atoms with E-state index in [1.54, 1.807) is 7.11 Å². The average molecular weight is 543 g/mol. The number of halogens is 1. The molecule has 0 radical (unpaired) electrons. The zero-order valence-electron chi connectivity index (χ0n) is 19.1. The van der Waals surface area contributed by atoms with Crippen molar-refractivity contribution in [2.75, 3.05) is 12.0 Å². The molecule has 2 aliphatic rings. The normalized spacial score (nSPS) is 20.8. The Labute approximate surface area is 217 Å². The first-order valence-electron chi connectivity index (χ1n) is 11.5. The number of methoxy groups -OCH3 is 1. The fraction of sp³-hybridized carbons (Fsp3) is 0.138. The van der Waals surface area contributed by atoms with E-state index < -0.39 is 5.72 Å². The summed E-state index contributed by atoms with van der Waals surface area (Å²) in [6.45, 7) is 0. The number of oxime groups is 1. The van der Waals surface area contributed by atoms with Crippen LogP contribution < -0.4 is 9.64 Å². The monoisotopic (exact) mass is 542 g/mol. The molecule has 4 aromatic carbocycles. The first-order chi connectivity index (χ1) is 17.2. The molecule has 2 aliphatic heterocycles. The number of anilines is 1. The Morgan fingerprint density at radius 3 is 2.49 bits per heavy atom. The van der Waals surface area contributed by atoms with Crippen LogP contribution in [0.1, 0.15) is 28.4 Å². The van der Waals surface area contributed by atoms with Gasteiger partial charge in [-0.1, -0.05) is 75.7 Å². The standard InChI is InChI=1S/C29H23BrN2O2S/c1-33-24-16-14-22(15-17-24)29-19-27(20-8-3-2-4-9-20)35-26-13-6-5-12-25(26)32(29)28(31-34-29)21-10-7-11-23(30)18-21/h2-18,27H,19H2,1H3/t27-,29-/m0/s1. The Balaban J connectivity index is 1.57. The van der Waals surface area contributed by atoms with Crippen LogP contribution in [0.25, 0.3) is 0 Å². The largest absolute Gasteiger partial charge is 0.497 e. The van der Waals surface area contributed by atoms with E-state index in [4.69, 9.17) is 14.7 Å². The summed E-state index contributed by atoms with van der Waals surface area (Å²) < 4.78 is 6.45. The van der Waals surface area contributed by atoms with Crippen LogP contribution in [0.4, 0.5) is 5.69 Å². The predicted molar refractivity (Wildman–Crippen MR) is 145 cm³/mol. The smallest absolute Gasteiger partial charge is 0.242 e. The van der Waals surface area contributed by atoms with Crippen LogP contribution in [0, 0.1) is 0 Å². The minimum absolute atomic E-state index is 0.168. The van der Waals surface area contributed by atoms with Crippen LogP contribution in [0.2, 0.25) is 0 Å². The molecule has 2 atom stereocenters. The van der Waals surface area contributed by atoms with Crippen molar-refractivity contribution < 1.29 is 9.57 Å². The van der Waals surface area contributed by atoms with E-state index in [0.29, 0.717) is 6.42 Å². The fourth-order valence-electron chi connectivity index (χ4n) is 4.81. The minimum atomic E-state index is -0.815. The number of hydrogen-bond donors (Lipinski definition) is 0. The molecule has 6 heteroatoms. The van der Waals surface area contributed by atoms with Crippen molar-refractivity contribution >= 4 is 39.2 Å². The summed E-state index contributed by atoms with van der Waals surface area (Å²) in [6.07, 6.45) is 0.712. The van der Waals surface area contributed by atoms with Crippen LogP contribution in [0.5, 0.6) is 5.75 Å². The Kier molecular flexibility index (Phi) is 5.78. The van der Waals surface area contributed by atoms with Gasteiger partial charge in [0.15, 0.2) is 5.84 Å². The summed E-state index contributed by atoms with van der Waals surface area (Å²) in [5, 5.41) is 4.90. The van der Waals surface area contributed by atoms with Crippen LogP contribution in [-0.4, -0.2) is 12.9 Å². The van der Waals surface area contributed by atoms with Gasteiger partial charge in [-0.3, -0.25) is 4.90 Å². The Bertz CT molecular complexity index is 1390. The average Bonchev–Trinajstić information content (AvgIpc) is 3.22. The van der Waals surface area contributed by atoms with Gasteiger partial charge in [0.25, 0.3) is 0 Å². The number of nitrogens with zero attached hydrogens (tertiary/aromatic N) is 2. The summed E-state index contributed by atoms with van der Waals surface area (Å²) in [5.74, 6) is 1.61. The molecule has 0 saturated carbocycles. The molecule has 0 aliphatic carbocycles. The lowest BCUT2D eigenvalue weighted by molar-refractivity contribution is -0.0283. The summed E-state index contributed by atoms with van der Waals surface area (Å²) >= 11 is 5.50. The molecular formula is C29H23BrN2O2S. The van der Waals surface area contributed by atoms with E-state index in [0.717, 1.165) is 32.9 Å². The summed E-state index contributed by atoms with van der Waals surface area (Å²) in [7, 11) is 1.68. The predicted octanol–water partition coefficient (Wildman–Crippen LogP) is 7.75. The Hall–Kier alpha value is -3.22. The van der Waals surface area contributed by atoms with Gasteiger partial charge in [-0.05, 0) is 54.1 Å². The number of para-hydroxylation sites is 1. The van der Waals surface area contributed by atoms with E-state index in [-0.39, 0.29) is 5.25 Å². The van der Waals surface area contributed by atoms with Crippen molar-refractivity contribution in [3.05, 3.63) is 124 Å². The second-order valence-electron chi connectivity index (χ2n) is 8.55. The molecule has 6 rings (SSSR count). The molecule has 174 valence electrons. The minimum Gasteiger partial charge on any atom is -0.497 e. The zero-order valence-corrected chi connectivity index (χ0v) is 21.5. The first-order valence-corrected chi connectivity index (χ1v) is 13.1. The third kappa shape index (κ3) is 3.91. The first kappa shape index (κ1) is 22.3. The number of hydrogen-bond acceptors (Lipinski definition) is 5. The summed E-state index contributed by atoms with van der Waals surface area (Å²) in [6, 6.07) is 35.6. The number of benzene rings is 4. The number of rotatable bonds is 4. The molecule has 0 aromatic heterocycles. The van der Waals surface area contributed by atoms with Gasteiger partial charge in [-0.25, -0.2) is 0 Å². The van der Waals surface area contributed by atoms with Crippen LogP contribution in [-0.2, 0) is 10.6 Å². The van der Waals surface area contributed by atoms with E-state index >= 15 is 0 Å². The van der Waals surface area contributed by atoms with Crippen molar-refractivity contribution in [1.82, 2.24) is 0 Å². The van der Waals surface area contributed by atoms with Crippen molar-refractivity contribution in [3.63, 3.8) is 0 Å². The van der Waals surface area contributed by atoms with Gasteiger partial charge >= 0.3 is 0 Å². The van der Waals surface area contributed by atoms with Crippen molar-refractivity contribution in [2.45, 2.75) is 22.3 Å². The van der Waals surface area contributed by atoms with Gasteiger partial charge in [0.1, 0.15) is 5.75 Å². The molecule has 0 fully saturated rings. The maximum absolute atomic E-state index is 6.54. The molecule has 0 bridgehead atoms. The molecular weight excluding hydrogens is 520 g/mol. The van der Waals surface area contributed by atoms with Gasteiger partial charge in [-0.15, -0.1) is 11.8 Å². The van der Waals surface area contributed by atoms with E-state index in [1.165, 1.54) is 10.5 Å².